The molecule has 0 saturated carbocycles. The maximum atomic E-state index is 12.1. The zero-order valence-corrected chi connectivity index (χ0v) is 15.9. The standard InChI is InChI=1S/C17H26N4O2S/c1-6-21(7-2)11(4)9-18-15-13-12(5)14(17(22)23-8-3)24-16(13)20-10-19-15/h10-11H,6-9H2,1-5H3,(H,18,19,20). The highest BCUT2D eigenvalue weighted by Crippen LogP contribution is 2.33. The summed E-state index contributed by atoms with van der Waals surface area (Å²) < 4.78 is 5.13. The Morgan fingerprint density at radius 1 is 1.33 bits per heavy atom. The molecule has 0 radical (unpaired) electrons. The summed E-state index contributed by atoms with van der Waals surface area (Å²) in [7, 11) is 0. The number of carbonyl (C=O) groups excluding carboxylic acids is 1. The minimum Gasteiger partial charge on any atom is -0.462 e. The van der Waals surface area contributed by atoms with Gasteiger partial charge in [0.15, 0.2) is 0 Å². The smallest absolute Gasteiger partial charge is 0.348 e. The molecule has 1 unspecified atom stereocenters. The van der Waals surface area contributed by atoms with Gasteiger partial charge in [-0.15, -0.1) is 11.3 Å². The van der Waals surface area contributed by atoms with Crippen LogP contribution in [0.2, 0.25) is 0 Å². The molecule has 0 aliphatic rings. The lowest BCUT2D eigenvalue weighted by Gasteiger charge is -2.26. The van der Waals surface area contributed by atoms with Crippen LogP contribution in [-0.4, -0.2) is 53.1 Å². The van der Waals surface area contributed by atoms with Gasteiger partial charge in [0.2, 0.25) is 0 Å². The fourth-order valence-corrected chi connectivity index (χ4v) is 3.86. The summed E-state index contributed by atoms with van der Waals surface area (Å²) in [6.07, 6.45) is 1.54. The Hall–Kier alpha value is -1.73. The number of rotatable bonds is 8. The van der Waals surface area contributed by atoms with Crippen molar-refractivity contribution in [2.24, 2.45) is 0 Å². The summed E-state index contributed by atoms with van der Waals surface area (Å²) >= 11 is 1.36. The van der Waals surface area contributed by atoms with Crippen LogP contribution in [0.4, 0.5) is 5.82 Å². The normalized spacial score (nSPS) is 12.6. The predicted molar refractivity (Wildman–Crippen MR) is 99.0 cm³/mol. The molecule has 0 saturated heterocycles. The lowest BCUT2D eigenvalue weighted by Crippen LogP contribution is -2.37. The second kappa shape index (κ2) is 8.39. The fraction of sp³-hybridized carbons (Fsp3) is 0.588. The van der Waals surface area contributed by atoms with Gasteiger partial charge in [0.25, 0.3) is 0 Å². The molecular weight excluding hydrogens is 324 g/mol. The monoisotopic (exact) mass is 350 g/mol. The van der Waals surface area contributed by atoms with Crippen molar-refractivity contribution < 1.29 is 9.53 Å². The molecule has 132 valence electrons. The van der Waals surface area contributed by atoms with Crippen LogP contribution in [0.15, 0.2) is 6.33 Å². The number of hydrogen-bond donors (Lipinski definition) is 1. The van der Waals surface area contributed by atoms with Crippen LogP contribution in [0.5, 0.6) is 0 Å². The van der Waals surface area contributed by atoms with Crippen LogP contribution in [0.1, 0.15) is 42.9 Å². The average molecular weight is 350 g/mol. The number of aryl methyl sites for hydroxylation is 1. The molecule has 0 amide bonds. The van der Waals surface area contributed by atoms with E-state index in [1.54, 1.807) is 0 Å². The van der Waals surface area contributed by atoms with E-state index in [1.165, 1.54) is 17.7 Å². The van der Waals surface area contributed by atoms with Gasteiger partial charge in [-0.3, -0.25) is 4.90 Å². The number of aromatic nitrogens is 2. The Balaban J connectivity index is 2.26. The van der Waals surface area contributed by atoms with Crippen molar-refractivity contribution >= 4 is 33.3 Å². The molecule has 6 nitrogen and oxygen atoms in total. The summed E-state index contributed by atoms with van der Waals surface area (Å²) in [6, 6.07) is 0.397. The molecule has 0 spiro atoms. The molecule has 2 rings (SSSR count). The molecule has 0 aliphatic heterocycles. The van der Waals surface area contributed by atoms with Crippen molar-refractivity contribution in [2.75, 3.05) is 31.6 Å². The molecule has 2 aromatic rings. The van der Waals surface area contributed by atoms with Crippen molar-refractivity contribution in [3.63, 3.8) is 0 Å². The lowest BCUT2D eigenvalue weighted by molar-refractivity contribution is 0.0531. The van der Waals surface area contributed by atoms with Crippen LogP contribution in [0.3, 0.4) is 0 Å². The van der Waals surface area contributed by atoms with Crippen molar-refractivity contribution in [3.05, 3.63) is 16.8 Å². The Kier molecular flexibility index (Phi) is 6.51. The first-order valence-electron chi connectivity index (χ1n) is 8.42. The van der Waals surface area contributed by atoms with Gasteiger partial charge >= 0.3 is 5.97 Å². The largest absolute Gasteiger partial charge is 0.462 e. The second-order valence-corrected chi connectivity index (χ2v) is 6.63. The van der Waals surface area contributed by atoms with Crippen molar-refractivity contribution in [1.82, 2.24) is 14.9 Å². The van der Waals surface area contributed by atoms with Gasteiger partial charge in [-0.2, -0.15) is 0 Å². The number of fused-ring (bicyclic) bond motifs is 1. The van der Waals surface area contributed by atoms with E-state index in [-0.39, 0.29) is 5.97 Å². The number of nitrogens with one attached hydrogen (secondary N) is 1. The van der Waals surface area contributed by atoms with Gasteiger partial charge in [0, 0.05) is 12.6 Å². The van der Waals surface area contributed by atoms with Crippen LogP contribution >= 0.6 is 11.3 Å². The first-order valence-corrected chi connectivity index (χ1v) is 9.24. The van der Waals surface area contributed by atoms with E-state index < -0.39 is 0 Å². The van der Waals surface area contributed by atoms with E-state index >= 15 is 0 Å². The number of hydrogen-bond acceptors (Lipinski definition) is 7. The highest BCUT2D eigenvalue weighted by atomic mass is 32.1. The molecule has 0 bridgehead atoms. The van der Waals surface area contributed by atoms with E-state index in [4.69, 9.17) is 4.74 Å². The molecular formula is C17H26N4O2S. The fourth-order valence-electron chi connectivity index (χ4n) is 2.82. The van der Waals surface area contributed by atoms with Gasteiger partial charge in [0.1, 0.15) is 21.9 Å². The Bertz CT molecular complexity index is 697. The number of esters is 1. The Morgan fingerprint density at radius 3 is 2.67 bits per heavy atom. The van der Waals surface area contributed by atoms with Crippen molar-refractivity contribution in [3.8, 4) is 0 Å². The van der Waals surface area contributed by atoms with E-state index in [0.29, 0.717) is 17.5 Å². The van der Waals surface area contributed by atoms with Crippen molar-refractivity contribution in [1.29, 1.82) is 0 Å². The molecule has 7 heteroatoms. The molecule has 1 atom stereocenters. The molecule has 0 aliphatic carbocycles. The molecule has 2 aromatic heterocycles. The van der Waals surface area contributed by atoms with E-state index in [0.717, 1.165) is 41.2 Å². The van der Waals surface area contributed by atoms with Crippen molar-refractivity contribution in [2.45, 2.75) is 40.7 Å². The lowest BCUT2D eigenvalue weighted by atomic mass is 10.2. The van der Waals surface area contributed by atoms with Crippen LogP contribution in [-0.2, 0) is 4.74 Å². The molecule has 1 N–H and O–H groups in total. The summed E-state index contributed by atoms with van der Waals surface area (Å²) in [5, 5.41) is 4.34. The third-order valence-corrected chi connectivity index (χ3v) is 5.37. The van der Waals surface area contributed by atoms with Gasteiger partial charge in [0.05, 0.1) is 12.0 Å². The summed E-state index contributed by atoms with van der Waals surface area (Å²) in [5.41, 5.74) is 0.882. The number of nitrogens with zero attached hydrogens (tertiary/aromatic N) is 3. The number of likely N-dealkylation sites (N-methyl/N-ethyl adjacent to an activating group) is 1. The third-order valence-electron chi connectivity index (χ3n) is 4.19. The molecule has 24 heavy (non-hydrogen) atoms. The van der Waals surface area contributed by atoms with Gasteiger partial charge in [-0.25, -0.2) is 14.8 Å². The number of anilines is 1. The third kappa shape index (κ3) is 3.84. The topological polar surface area (TPSA) is 67.3 Å². The first-order chi connectivity index (χ1) is 11.5. The van der Waals surface area contributed by atoms with Gasteiger partial charge in [-0.05, 0) is 39.4 Å². The highest BCUT2D eigenvalue weighted by molar-refractivity contribution is 7.20. The SMILES string of the molecule is CCOC(=O)c1sc2ncnc(NCC(C)N(CC)CC)c2c1C. The molecule has 0 aromatic carbocycles. The van der Waals surface area contributed by atoms with Gasteiger partial charge in [-0.1, -0.05) is 13.8 Å². The highest BCUT2D eigenvalue weighted by Gasteiger charge is 2.20. The second-order valence-electron chi connectivity index (χ2n) is 5.63. The quantitative estimate of drug-likeness (QED) is 0.737. The van der Waals surface area contributed by atoms with Gasteiger partial charge < -0.3 is 10.1 Å². The number of ether oxygens (including phenoxy) is 1. The zero-order valence-electron chi connectivity index (χ0n) is 15.0. The van der Waals surface area contributed by atoms with E-state index in [1.807, 2.05) is 13.8 Å². The zero-order chi connectivity index (χ0) is 17.7. The summed E-state index contributed by atoms with van der Waals surface area (Å²) in [4.78, 5) is 24.6. The van der Waals surface area contributed by atoms with E-state index in [2.05, 4.69) is 41.0 Å². The van der Waals surface area contributed by atoms with Crippen LogP contribution in [0, 0.1) is 6.92 Å². The Morgan fingerprint density at radius 2 is 2.04 bits per heavy atom. The predicted octanol–water partition coefficient (Wildman–Crippen LogP) is 3.32. The minimum absolute atomic E-state index is 0.291. The maximum Gasteiger partial charge on any atom is 0.348 e. The number of carbonyl (C=O) groups is 1. The molecule has 0 fully saturated rings. The summed E-state index contributed by atoms with van der Waals surface area (Å²) in [6.45, 7) is 13.4. The van der Waals surface area contributed by atoms with Crippen LogP contribution < -0.4 is 5.32 Å². The van der Waals surface area contributed by atoms with Crippen LogP contribution in [0.25, 0.3) is 10.2 Å². The van der Waals surface area contributed by atoms with E-state index in [9.17, 15) is 4.79 Å². The first kappa shape index (κ1) is 18.6. The summed E-state index contributed by atoms with van der Waals surface area (Å²) in [5.74, 6) is 0.490. The average Bonchev–Trinajstić information content (AvgIpc) is 2.92. The number of thiophene rings is 1. The Labute approximate surface area is 147 Å². The molecule has 2 heterocycles. The maximum absolute atomic E-state index is 12.1. The minimum atomic E-state index is -0.291.